The zero-order valence-corrected chi connectivity index (χ0v) is 17.2. The number of amides is 2. The van der Waals surface area contributed by atoms with Crippen molar-refractivity contribution in [1.29, 1.82) is 0 Å². The number of nitrogens with one attached hydrogen (secondary N) is 2. The van der Waals surface area contributed by atoms with Gasteiger partial charge in [0, 0.05) is 11.6 Å². The van der Waals surface area contributed by atoms with Crippen molar-refractivity contribution in [1.82, 2.24) is 5.32 Å². The molecule has 0 unspecified atom stereocenters. The molecule has 7 nitrogen and oxygen atoms in total. The van der Waals surface area contributed by atoms with Gasteiger partial charge in [-0.3, -0.25) is 14.9 Å². The van der Waals surface area contributed by atoms with Gasteiger partial charge in [-0.2, -0.15) is 0 Å². The van der Waals surface area contributed by atoms with Gasteiger partial charge in [-0.05, 0) is 39.9 Å². The fourth-order valence-corrected chi connectivity index (χ4v) is 3.93. The highest BCUT2D eigenvalue weighted by atomic mass is 16.5. The maximum Gasteiger partial charge on any atom is 0.411 e. The van der Waals surface area contributed by atoms with Crippen molar-refractivity contribution in [2.75, 3.05) is 18.5 Å². The first kappa shape index (κ1) is 21.1. The summed E-state index contributed by atoms with van der Waals surface area (Å²) >= 11 is 0. The number of anilines is 1. The maximum atomic E-state index is 12.4. The van der Waals surface area contributed by atoms with Crippen LogP contribution in [0.1, 0.15) is 22.6 Å². The third kappa shape index (κ3) is 4.78. The Bertz CT molecular complexity index is 1130. The molecule has 0 fully saturated rings. The topological polar surface area (TPSA) is 105 Å². The number of carboxylic acid groups (broad SMARTS) is 1. The average molecular weight is 430 g/mol. The second kappa shape index (κ2) is 9.34. The molecule has 2 amide bonds. The minimum absolute atomic E-state index is 0.00743. The fourth-order valence-electron chi connectivity index (χ4n) is 3.93. The van der Waals surface area contributed by atoms with Gasteiger partial charge in [0.2, 0.25) is 5.91 Å². The van der Waals surface area contributed by atoms with E-state index in [2.05, 4.69) is 34.9 Å². The summed E-state index contributed by atoms with van der Waals surface area (Å²) in [6.45, 7) is -0.229. The predicted octanol–water partition coefficient (Wildman–Crippen LogP) is 3.79. The maximum absolute atomic E-state index is 12.4. The molecule has 3 aromatic carbocycles. The number of rotatable bonds is 7. The van der Waals surface area contributed by atoms with Gasteiger partial charge in [-0.25, -0.2) is 4.79 Å². The summed E-state index contributed by atoms with van der Waals surface area (Å²) in [5, 5.41) is 13.6. The molecule has 0 aliphatic heterocycles. The number of carbonyl (C=O) groups excluding carboxylic acids is 2. The Hall–Kier alpha value is -4.13. The molecule has 0 bridgehead atoms. The lowest BCUT2D eigenvalue weighted by molar-refractivity contribution is -0.137. The highest BCUT2D eigenvalue weighted by molar-refractivity contribution is 5.86. The van der Waals surface area contributed by atoms with E-state index >= 15 is 0 Å². The van der Waals surface area contributed by atoms with Crippen molar-refractivity contribution in [2.24, 2.45) is 0 Å². The molecule has 0 spiro atoms. The van der Waals surface area contributed by atoms with Gasteiger partial charge >= 0.3 is 12.1 Å². The van der Waals surface area contributed by atoms with E-state index in [4.69, 9.17) is 9.84 Å². The number of carboxylic acids is 1. The van der Waals surface area contributed by atoms with Crippen LogP contribution >= 0.6 is 0 Å². The monoisotopic (exact) mass is 430 g/mol. The molecule has 1 aliphatic rings. The standard InChI is InChI=1S/C25H22N2O5/c28-23(26-14-24(29)30)13-16-6-5-7-17(12-16)27-25(31)32-15-22-20-10-3-1-8-18(20)19-9-2-4-11-21(19)22/h1-12,22H,13-15H2,(H,26,28)(H,27,31)(H,29,30). The van der Waals surface area contributed by atoms with Crippen LogP contribution in [0.25, 0.3) is 11.1 Å². The summed E-state index contributed by atoms with van der Waals surface area (Å²) in [6, 6.07) is 23.0. The van der Waals surface area contributed by atoms with E-state index in [0.717, 1.165) is 22.3 Å². The van der Waals surface area contributed by atoms with Crippen LogP contribution in [0.2, 0.25) is 0 Å². The van der Waals surface area contributed by atoms with Crippen molar-refractivity contribution >= 4 is 23.7 Å². The van der Waals surface area contributed by atoms with Crippen LogP contribution in [0.4, 0.5) is 10.5 Å². The summed E-state index contributed by atoms with van der Waals surface area (Å²) in [4.78, 5) is 34.8. The fraction of sp³-hybridized carbons (Fsp3) is 0.160. The van der Waals surface area contributed by atoms with Gasteiger partial charge < -0.3 is 15.2 Å². The smallest absolute Gasteiger partial charge is 0.411 e. The lowest BCUT2D eigenvalue weighted by Crippen LogP contribution is -2.30. The van der Waals surface area contributed by atoms with E-state index in [-0.39, 0.29) is 18.9 Å². The second-order valence-electron chi connectivity index (χ2n) is 7.50. The Balaban J connectivity index is 1.37. The molecule has 7 heteroatoms. The number of fused-ring (bicyclic) bond motifs is 3. The van der Waals surface area contributed by atoms with Gasteiger partial charge in [0.25, 0.3) is 0 Å². The molecule has 0 heterocycles. The molecule has 0 radical (unpaired) electrons. The van der Waals surface area contributed by atoms with E-state index in [0.29, 0.717) is 11.3 Å². The van der Waals surface area contributed by atoms with Crippen molar-refractivity contribution < 1.29 is 24.2 Å². The third-order valence-corrected chi connectivity index (χ3v) is 5.32. The van der Waals surface area contributed by atoms with E-state index in [9.17, 15) is 14.4 Å². The van der Waals surface area contributed by atoms with Crippen molar-refractivity contribution in [3.63, 3.8) is 0 Å². The molecule has 0 saturated heterocycles. The Morgan fingerprint density at radius 2 is 1.53 bits per heavy atom. The number of hydrogen-bond acceptors (Lipinski definition) is 4. The highest BCUT2D eigenvalue weighted by Crippen LogP contribution is 2.44. The molecule has 3 aromatic rings. The van der Waals surface area contributed by atoms with Crippen LogP contribution in [-0.2, 0) is 20.7 Å². The van der Waals surface area contributed by atoms with Gasteiger partial charge in [0.05, 0.1) is 6.42 Å². The minimum Gasteiger partial charge on any atom is -0.480 e. The first-order valence-corrected chi connectivity index (χ1v) is 10.2. The quantitative estimate of drug-likeness (QED) is 0.529. The van der Waals surface area contributed by atoms with Crippen LogP contribution < -0.4 is 10.6 Å². The summed E-state index contributed by atoms with van der Waals surface area (Å²) < 4.78 is 5.53. The first-order valence-electron chi connectivity index (χ1n) is 10.2. The van der Waals surface area contributed by atoms with Gasteiger partial charge in [-0.15, -0.1) is 0 Å². The van der Waals surface area contributed by atoms with Crippen molar-refractivity contribution in [2.45, 2.75) is 12.3 Å². The van der Waals surface area contributed by atoms with Gasteiger partial charge in [-0.1, -0.05) is 60.7 Å². The molecular formula is C25H22N2O5. The summed E-state index contributed by atoms with van der Waals surface area (Å²) in [6.07, 6.45) is -0.577. The number of ether oxygens (including phenoxy) is 1. The number of carbonyl (C=O) groups is 3. The zero-order chi connectivity index (χ0) is 22.5. The molecule has 0 atom stereocenters. The molecule has 32 heavy (non-hydrogen) atoms. The minimum atomic E-state index is -1.11. The highest BCUT2D eigenvalue weighted by Gasteiger charge is 2.29. The van der Waals surface area contributed by atoms with Gasteiger partial charge in [0.15, 0.2) is 0 Å². The molecular weight excluding hydrogens is 408 g/mol. The number of hydrogen-bond donors (Lipinski definition) is 3. The van der Waals surface area contributed by atoms with Crippen LogP contribution in [0.3, 0.4) is 0 Å². The first-order chi connectivity index (χ1) is 15.5. The lowest BCUT2D eigenvalue weighted by atomic mass is 9.98. The summed E-state index contributed by atoms with van der Waals surface area (Å²) in [5.41, 5.74) is 5.72. The van der Waals surface area contributed by atoms with Crippen LogP contribution in [0.15, 0.2) is 72.8 Å². The predicted molar refractivity (Wildman–Crippen MR) is 119 cm³/mol. The molecule has 1 aliphatic carbocycles. The Kier molecular flexibility index (Phi) is 6.17. The normalized spacial score (nSPS) is 11.9. The Labute approximate surface area is 185 Å². The molecule has 3 N–H and O–H groups in total. The zero-order valence-electron chi connectivity index (χ0n) is 17.2. The van der Waals surface area contributed by atoms with Gasteiger partial charge in [0.1, 0.15) is 13.2 Å². The number of benzene rings is 3. The van der Waals surface area contributed by atoms with E-state index in [1.54, 1.807) is 24.3 Å². The Morgan fingerprint density at radius 1 is 0.875 bits per heavy atom. The SMILES string of the molecule is O=C(O)CNC(=O)Cc1cccc(NC(=O)OCC2c3ccccc3-c3ccccc32)c1. The third-order valence-electron chi connectivity index (χ3n) is 5.32. The second-order valence-corrected chi connectivity index (χ2v) is 7.50. The average Bonchev–Trinajstić information content (AvgIpc) is 3.10. The molecule has 0 aromatic heterocycles. The summed E-state index contributed by atoms with van der Waals surface area (Å²) in [5.74, 6) is -1.55. The van der Waals surface area contributed by atoms with Crippen LogP contribution in [0.5, 0.6) is 0 Å². The van der Waals surface area contributed by atoms with E-state index in [1.807, 2.05) is 24.3 Å². The molecule has 4 rings (SSSR count). The van der Waals surface area contributed by atoms with E-state index < -0.39 is 24.5 Å². The molecule has 162 valence electrons. The van der Waals surface area contributed by atoms with Crippen LogP contribution in [-0.4, -0.2) is 36.2 Å². The molecule has 0 saturated carbocycles. The summed E-state index contributed by atoms with van der Waals surface area (Å²) in [7, 11) is 0. The van der Waals surface area contributed by atoms with E-state index in [1.165, 1.54) is 0 Å². The van der Waals surface area contributed by atoms with Crippen molar-refractivity contribution in [3.8, 4) is 11.1 Å². The largest absolute Gasteiger partial charge is 0.480 e. The number of aliphatic carboxylic acids is 1. The van der Waals surface area contributed by atoms with Crippen LogP contribution in [0, 0.1) is 0 Å². The van der Waals surface area contributed by atoms with Crippen molar-refractivity contribution in [3.05, 3.63) is 89.5 Å². The lowest BCUT2D eigenvalue weighted by Gasteiger charge is -2.15. The Morgan fingerprint density at radius 3 is 2.19 bits per heavy atom.